The maximum atomic E-state index is 13.2. The van der Waals surface area contributed by atoms with Crippen molar-refractivity contribution in [1.29, 1.82) is 0 Å². The zero-order valence-electron chi connectivity index (χ0n) is 15.5. The third-order valence-electron chi connectivity index (χ3n) is 5.23. The summed E-state index contributed by atoms with van der Waals surface area (Å²) in [6, 6.07) is 16.8. The second kappa shape index (κ2) is 7.64. The first kappa shape index (κ1) is 19.1. The predicted octanol–water partition coefficient (Wildman–Crippen LogP) is 5.47. The summed E-state index contributed by atoms with van der Waals surface area (Å²) in [6.45, 7) is 1.50. The Balaban J connectivity index is 1.84. The fourth-order valence-corrected chi connectivity index (χ4v) is 4.00. The summed E-state index contributed by atoms with van der Waals surface area (Å²) in [7, 11) is 0. The number of allylic oxidation sites excluding steroid dienone is 2. The summed E-state index contributed by atoms with van der Waals surface area (Å²) in [4.78, 5) is 24.2. The lowest BCUT2D eigenvalue weighted by Gasteiger charge is -2.29. The molecule has 0 saturated heterocycles. The molecular formula is C22H17ClN2O4. The first-order chi connectivity index (χ1) is 14.0. The predicted molar refractivity (Wildman–Crippen MR) is 109 cm³/mol. The molecule has 1 aromatic heterocycles. The molecule has 6 nitrogen and oxygen atoms in total. The standard InChI is InChI=1S/C22H17ClN2O4/c1-13-21(25(27)28)22(29-24-13)20-18(15-5-3-2-4-6-15)11-16(12-19(20)26)14-7-9-17(23)10-8-14/h2-10,12,18,20H,11H2,1H3/t18-,20-/m0/s1. The number of hydrogen-bond donors (Lipinski definition) is 0. The van der Waals surface area contributed by atoms with E-state index in [1.54, 1.807) is 18.2 Å². The lowest BCUT2D eigenvalue weighted by molar-refractivity contribution is -0.386. The van der Waals surface area contributed by atoms with Crippen LogP contribution in [-0.2, 0) is 4.79 Å². The second-order valence-corrected chi connectivity index (χ2v) is 7.45. The molecule has 0 saturated carbocycles. The van der Waals surface area contributed by atoms with Crippen molar-refractivity contribution in [1.82, 2.24) is 5.16 Å². The number of carbonyl (C=O) groups excluding carboxylic acids is 1. The molecule has 1 aliphatic carbocycles. The van der Waals surface area contributed by atoms with Crippen LogP contribution in [0.5, 0.6) is 0 Å². The summed E-state index contributed by atoms with van der Waals surface area (Å²) in [5.74, 6) is -1.35. The zero-order chi connectivity index (χ0) is 20.5. The Morgan fingerprint density at radius 2 is 1.83 bits per heavy atom. The Hall–Kier alpha value is -3.25. The van der Waals surface area contributed by atoms with Gasteiger partial charge in [-0.2, -0.15) is 0 Å². The zero-order valence-corrected chi connectivity index (χ0v) is 16.3. The Morgan fingerprint density at radius 1 is 1.14 bits per heavy atom. The van der Waals surface area contributed by atoms with Crippen molar-refractivity contribution in [2.75, 3.05) is 0 Å². The number of nitrogens with zero attached hydrogens (tertiary/aromatic N) is 2. The highest BCUT2D eigenvalue weighted by molar-refractivity contribution is 6.30. The maximum absolute atomic E-state index is 13.2. The SMILES string of the molecule is Cc1noc([C@@H]2C(=O)C=C(c3ccc(Cl)cc3)C[C@H]2c2ccccc2)c1[N+](=O)[O-]. The summed E-state index contributed by atoms with van der Waals surface area (Å²) >= 11 is 5.99. The van der Waals surface area contributed by atoms with Gasteiger partial charge in [-0.3, -0.25) is 14.9 Å². The fourth-order valence-electron chi connectivity index (χ4n) is 3.87. The molecule has 0 N–H and O–H groups in total. The van der Waals surface area contributed by atoms with Gasteiger partial charge in [-0.25, -0.2) is 0 Å². The van der Waals surface area contributed by atoms with E-state index in [1.165, 1.54) is 6.92 Å². The van der Waals surface area contributed by atoms with Crippen LogP contribution in [0.15, 0.2) is 65.2 Å². The molecule has 0 radical (unpaired) electrons. The molecule has 0 fully saturated rings. The summed E-state index contributed by atoms with van der Waals surface area (Å²) in [5.41, 5.74) is 2.60. The highest BCUT2D eigenvalue weighted by atomic mass is 35.5. The maximum Gasteiger partial charge on any atom is 0.335 e. The number of nitro groups is 1. The lowest BCUT2D eigenvalue weighted by Crippen LogP contribution is -2.24. The molecule has 4 rings (SSSR count). The number of aromatic nitrogens is 1. The van der Waals surface area contributed by atoms with E-state index in [0.717, 1.165) is 16.7 Å². The first-order valence-corrected chi connectivity index (χ1v) is 9.49. The second-order valence-electron chi connectivity index (χ2n) is 7.02. The normalized spacial score (nSPS) is 19.1. The largest absolute Gasteiger partial charge is 0.353 e. The molecule has 2 atom stereocenters. The highest BCUT2D eigenvalue weighted by Gasteiger charge is 2.42. The Labute approximate surface area is 171 Å². The molecule has 1 heterocycles. The molecule has 146 valence electrons. The van der Waals surface area contributed by atoms with Crippen LogP contribution in [0, 0.1) is 17.0 Å². The van der Waals surface area contributed by atoms with E-state index in [1.807, 2.05) is 42.5 Å². The molecule has 0 unspecified atom stereocenters. The average molecular weight is 409 g/mol. The number of carbonyl (C=O) groups is 1. The lowest BCUT2D eigenvalue weighted by atomic mass is 9.72. The van der Waals surface area contributed by atoms with Crippen molar-refractivity contribution in [2.24, 2.45) is 0 Å². The molecule has 29 heavy (non-hydrogen) atoms. The quantitative estimate of drug-likeness (QED) is 0.422. The van der Waals surface area contributed by atoms with Gasteiger partial charge in [0.15, 0.2) is 11.5 Å². The summed E-state index contributed by atoms with van der Waals surface area (Å²) in [5, 5.41) is 16.0. The van der Waals surface area contributed by atoms with Crippen molar-refractivity contribution in [3.05, 3.63) is 98.4 Å². The number of ketones is 1. The van der Waals surface area contributed by atoms with E-state index in [0.29, 0.717) is 11.4 Å². The molecular weight excluding hydrogens is 392 g/mol. The van der Waals surface area contributed by atoms with Gasteiger partial charge in [0.05, 0.1) is 10.8 Å². The summed E-state index contributed by atoms with van der Waals surface area (Å²) < 4.78 is 5.32. The van der Waals surface area contributed by atoms with Crippen molar-refractivity contribution in [3.63, 3.8) is 0 Å². The Bertz CT molecular complexity index is 1100. The van der Waals surface area contributed by atoms with E-state index >= 15 is 0 Å². The topological polar surface area (TPSA) is 86.2 Å². The van der Waals surface area contributed by atoms with Crippen LogP contribution in [-0.4, -0.2) is 15.9 Å². The van der Waals surface area contributed by atoms with Crippen molar-refractivity contribution >= 4 is 28.6 Å². The average Bonchev–Trinajstić information content (AvgIpc) is 3.10. The van der Waals surface area contributed by atoms with Gasteiger partial charge in [-0.1, -0.05) is 59.2 Å². The Kier molecular flexibility index (Phi) is 5.03. The van der Waals surface area contributed by atoms with Crippen molar-refractivity contribution < 1.29 is 14.2 Å². The van der Waals surface area contributed by atoms with Crippen LogP contribution in [0.25, 0.3) is 5.57 Å². The highest BCUT2D eigenvalue weighted by Crippen LogP contribution is 2.47. The van der Waals surface area contributed by atoms with E-state index in [4.69, 9.17) is 16.1 Å². The van der Waals surface area contributed by atoms with Gasteiger partial charge in [0, 0.05) is 10.9 Å². The fraction of sp³-hybridized carbons (Fsp3) is 0.182. The van der Waals surface area contributed by atoms with E-state index in [-0.39, 0.29) is 28.8 Å². The number of aryl methyl sites for hydroxylation is 1. The minimum absolute atomic E-state index is 0.0118. The van der Waals surface area contributed by atoms with Gasteiger partial charge in [-0.05, 0) is 48.3 Å². The van der Waals surface area contributed by atoms with Gasteiger partial charge in [0.25, 0.3) is 0 Å². The van der Waals surface area contributed by atoms with Gasteiger partial charge >= 0.3 is 5.69 Å². The van der Waals surface area contributed by atoms with Crippen LogP contribution in [0.1, 0.15) is 40.8 Å². The first-order valence-electron chi connectivity index (χ1n) is 9.11. The van der Waals surface area contributed by atoms with Crippen molar-refractivity contribution in [2.45, 2.75) is 25.2 Å². The molecule has 1 aliphatic rings. The molecule has 0 bridgehead atoms. The molecule has 0 spiro atoms. The van der Waals surface area contributed by atoms with Crippen LogP contribution >= 0.6 is 11.6 Å². The van der Waals surface area contributed by atoms with Gasteiger partial charge in [-0.15, -0.1) is 0 Å². The Morgan fingerprint density at radius 3 is 2.48 bits per heavy atom. The van der Waals surface area contributed by atoms with Gasteiger partial charge in [0.2, 0.25) is 5.76 Å². The van der Waals surface area contributed by atoms with Gasteiger partial charge in [0.1, 0.15) is 0 Å². The minimum atomic E-state index is -0.810. The van der Waals surface area contributed by atoms with Crippen LogP contribution < -0.4 is 0 Å². The molecule has 7 heteroatoms. The molecule has 3 aromatic rings. The van der Waals surface area contributed by atoms with Crippen LogP contribution in [0.3, 0.4) is 0 Å². The van der Waals surface area contributed by atoms with Crippen molar-refractivity contribution in [3.8, 4) is 0 Å². The summed E-state index contributed by atoms with van der Waals surface area (Å²) in [6.07, 6.45) is 2.08. The molecule has 0 amide bonds. The van der Waals surface area contributed by atoms with E-state index < -0.39 is 10.8 Å². The number of rotatable bonds is 4. The minimum Gasteiger partial charge on any atom is -0.353 e. The van der Waals surface area contributed by atoms with Crippen LogP contribution in [0.2, 0.25) is 5.02 Å². The van der Waals surface area contributed by atoms with E-state index in [2.05, 4.69) is 5.16 Å². The third kappa shape index (κ3) is 3.59. The monoisotopic (exact) mass is 408 g/mol. The number of halogens is 1. The van der Waals surface area contributed by atoms with E-state index in [9.17, 15) is 14.9 Å². The van der Waals surface area contributed by atoms with Crippen LogP contribution in [0.4, 0.5) is 5.69 Å². The number of hydrogen-bond acceptors (Lipinski definition) is 5. The van der Waals surface area contributed by atoms with Gasteiger partial charge < -0.3 is 4.52 Å². The molecule has 0 aliphatic heterocycles. The third-order valence-corrected chi connectivity index (χ3v) is 5.48. The molecule has 2 aromatic carbocycles. The smallest absolute Gasteiger partial charge is 0.335 e. The number of benzene rings is 2.